The largest absolute Gasteiger partial charge is 0.444 e. The van der Waals surface area contributed by atoms with Gasteiger partial charge in [0.15, 0.2) is 0 Å². The third kappa shape index (κ3) is 10.2. The van der Waals surface area contributed by atoms with Crippen LogP contribution in [0.1, 0.15) is 84.5 Å². The van der Waals surface area contributed by atoms with Crippen LogP contribution in [0.25, 0.3) is 22.3 Å². The Morgan fingerprint density at radius 1 is 0.941 bits per heavy atom. The maximum Gasteiger partial charge on any atom is 0.418 e. The first-order chi connectivity index (χ1) is 24.2. The van der Waals surface area contributed by atoms with E-state index >= 15 is 0 Å². The standard InChI is InChI=1S/C40H53N5O6/c1-39(2,3)50-37(47)41-31(25-28-17-19-29(20-18-28)33-16-11-22-45(33)38(48)51-40(4,5)6)26-35(46)43-21-10-13-30(27-43)36-42-32-14-8-9-15-34(32)44(36)23-12-24-49-7/h8-9,11,14-20,22,30-31H,10,12-13,21,23-27H2,1-7H3,(H,41,47)/t30-,31-/m1/s1. The molecule has 0 aliphatic carbocycles. The molecule has 3 heterocycles. The Hall–Kier alpha value is -4.64. The summed E-state index contributed by atoms with van der Waals surface area (Å²) >= 11 is 0. The number of imidazole rings is 1. The minimum absolute atomic E-state index is 0.0189. The third-order valence-electron chi connectivity index (χ3n) is 8.77. The van der Waals surface area contributed by atoms with Crippen molar-refractivity contribution in [3.63, 3.8) is 0 Å². The van der Waals surface area contributed by atoms with Crippen molar-refractivity contribution >= 4 is 29.1 Å². The molecule has 51 heavy (non-hydrogen) atoms. The molecule has 2 aromatic carbocycles. The van der Waals surface area contributed by atoms with Crippen molar-refractivity contribution < 1.29 is 28.6 Å². The lowest BCUT2D eigenvalue weighted by Crippen LogP contribution is -2.46. The van der Waals surface area contributed by atoms with Crippen molar-refractivity contribution in [2.45, 2.75) is 103 Å². The highest BCUT2D eigenvalue weighted by molar-refractivity contribution is 5.80. The molecule has 0 spiro atoms. The molecular formula is C40H53N5O6. The number of methoxy groups -OCH3 is 1. The number of aromatic nitrogens is 3. The predicted molar refractivity (Wildman–Crippen MR) is 198 cm³/mol. The van der Waals surface area contributed by atoms with Gasteiger partial charge >= 0.3 is 12.2 Å². The van der Waals surface area contributed by atoms with E-state index < -0.39 is 29.4 Å². The number of carbonyl (C=O) groups is 3. The summed E-state index contributed by atoms with van der Waals surface area (Å²) < 4.78 is 20.3. The maximum atomic E-state index is 14.0. The lowest BCUT2D eigenvalue weighted by Gasteiger charge is -2.34. The zero-order chi connectivity index (χ0) is 36.8. The van der Waals surface area contributed by atoms with Gasteiger partial charge in [0.25, 0.3) is 0 Å². The predicted octanol–water partition coefficient (Wildman–Crippen LogP) is 7.56. The first-order valence-corrected chi connectivity index (χ1v) is 17.9. The van der Waals surface area contributed by atoms with Crippen LogP contribution in [-0.4, -0.2) is 81.2 Å². The van der Waals surface area contributed by atoms with Gasteiger partial charge in [0.05, 0.1) is 16.7 Å². The van der Waals surface area contributed by atoms with E-state index in [1.807, 2.05) is 101 Å². The molecule has 0 saturated carbocycles. The number of para-hydroxylation sites is 2. The van der Waals surface area contributed by atoms with Crippen LogP contribution in [0.15, 0.2) is 66.9 Å². The van der Waals surface area contributed by atoms with Gasteiger partial charge in [-0.15, -0.1) is 0 Å². The number of aryl methyl sites for hydroxylation is 1. The van der Waals surface area contributed by atoms with Crippen molar-refractivity contribution in [1.82, 2.24) is 24.3 Å². The quantitative estimate of drug-likeness (QED) is 0.161. The first-order valence-electron chi connectivity index (χ1n) is 17.9. The first kappa shape index (κ1) is 37.6. The molecule has 1 N–H and O–H groups in total. The summed E-state index contributed by atoms with van der Waals surface area (Å²) in [5, 5.41) is 2.98. The number of nitrogens with zero attached hydrogens (tertiary/aromatic N) is 4. The fourth-order valence-corrected chi connectivity index (χ4v) is 6.59. The molecule has 2 aromatic heterocycles. The molecule has 274 valence electrons. The van der Waals surface area contributed by atoms with Crippen LogP contribution in [0.2, 0.25) is 0 Å². The molecule has 2 amide bonds. The lowest BCUT2D eigenvalue weighted by molar-refractivity contribution is -0.133. The van der Waals surface area contributed by atoms with Crippen LogP contribution in [0.5, 0.6) is 0 Å². The summed E-state index contributed by atoms with van der Waals surface area (Å²) in [6.07, 6.45) is 3.91. The number of hydrogen-bond donors (Lipinski definition) is 1. The zero-order valence-corrected chi connectivity index (χ0v) is 31.1. The van der Waals surface area contributed by atoms with Gasteiger partial charge in [-0.25, -0.2) is 14.6 Å². The summed E-state index contributed by atoms with van der Waals surface area (Å²) in [5.41, 5.74) is 3.24. The number of rotatable bonds is 11. The topological polar surface area (TPSA) is 117 Å². The van der Waals surface area contributed by atoms with Crippen LogP contribution >= 0.6 is 0 Å². The smallest absolute Gasteiger partial charge is 0.418 e. The molecule has 1 aliphatic heterocycles. The van der Waals surface area contributed by atoms with Crippen LogP contribution in [0.3, 0.4) is 0 Å². The van der Waals surface area contributed by atoms with Crippen molar-refractivity contribution in [3.05, 3.63) is 78.2 Å². The van der Waals surface area contributed by atoms with Gasteiger partial charge in [-0.05, 0) is 103 Å². The Morgan fingerprint density at radius 2 is 1.67 bits per heavy atom. The van der Waals surface area contributed by atoms with E-state index in [9.17, 15) is 14.4 Å². The summed E-state index contributed by atoms with van der Waals surface area (Å²) in [4.78, 5) is 46.7. The molecule has 1 fully saturated rings. The summed E-state index contributed by atoms with van der Waals surface area (Å²) in [7, 11) is 1.71. The van der Waals surface area contributed by atoms with Gasteiger partial charge in [0, 0.05) is 57.9 Å². The monoisotopic (exact) mass is 699 g/mol. The van der Waals surface area contributed by atoms with E-state index in [-0.39, 0.29) is 18.2 Å². The number of amides is 2. The third-order valence-corrected chi connectivity index (χ3v) is 8.77. The van der Waals surface area contributed by atoms with Gasteiger partial charge in [-0.2, -0.15) is 0 Å². The van der Waals surface area contributed by atoms with Crippen molar-refractivity contribution in [1.29, 1.82) is 0 Å². The van der Waals surface area contributed by atoms with E-state index in [0.29, 0.717) is 31.8 Å². The van der Waals surface area contributed by atoms with E-state index in [2.05, 4.69) is 16.0 Å². The average molecular weight is 700 g/mol. The molecule has 1 aliphatic rings. The van der Waals surface area contributed by atoms with Crippen LogP contribution in [0, 0.1) is 0 Å². The van der Waals surface area contributed by atoms with Crippen LogP contribution < -0.4 is 5.32 Å². The van der Waals surface area contributed by atoms with Gasteiger partial charge in [0.1, 0.15) is 17.0 Å². The SMILES string of the molecule is COCCCn1c([C@@H]2CCCN(C(=O)C[C@@H](Cc3ccc(-c4cccn4C(=O)OC(C)(C)C)cc3)NC(=O)OC(C)(C)C)C2)nc2ccccc21. The lowest BCUT2D eigenvalue weighted by atomic mass is 9.95. The van der Waals surface area contributed by atoms with Crippen molar-refractivity contribution in [3.8, 4) is 11.3 Å². The fraction of sp³-hybridized carbons (Fsp3) is 0.500. The minimum atomic E-state index is -0.682. The second-order valence-electron chi connectivity index (χ2n) is 15.3. The Labute approximate surface area is 301 Å². The number of piperidine rings is 1. The number of benzene rings is 2. The van der Waals surface area contributed by atoms with E-state index in [1.165, 1.54) is 4.57 Å². The minimum Gasteiger partial charge on any atom is -0.444 e. The number of ether oxygens (including phenoxy) is 3. The Kier molecular flexibility index (Phi) is 11.9. The maximum absolute atomic E-state index is 14.0. The summed E-state index contributed by atoms with van der Waals surface area (Å²) in [6.45, 7) is 13.6. The molecule has 11 nitrogen and oxygen atoms in total. The molecule has 5 rings (SSSR count). The number of hydrogen-bond acceptors (Lipinski definition) is 7. The Morgan fingerprint density at radius 3 is 2.37 bits per heavy atom. The number of nitrogens with one attached hydrogen (secondary N) is 1. The van der Waals surface area contributed by atoms with E-state index in [4.69, 9.17) is 19.2 Å². The molecule has 0 radical (unpaired) electrons. The van der Waals surface area contributed by atoms with E-state index in [0.717, 1.165) is 53.8 Å². The highest BCUT2D eigenvalue weighted by atomic mass is 16.6. The fourth-order valence-electron chi connectivity index (χ4n) is 6.59. The van der Waals surface area contributed by atoms with Gasteiger partial charge in [-0.3, -0.25) is 9.36 Å². The molecule has 0 unspecified atom stereocenters. The normalized spacial score (nSPS) is 15.8. The Bertz CT molecular complexity index is 1800. The number of carbonyl (C=O) groups excluding carboxylic acids is 3. The summed E-state index contributed by atoms with van der Waals surface area (Å²) in [5.74, 6) is 1.09. The second-order valence-corrected chi connectivity index (χ2v) is 15.3. The summed E-state index contributed by atoms with van der Waals surface area (Å²) in [6, 6.07) is 19.1. The molecule has 11 heteroatoms. The van der Waals surface area contributed by atoms with E-state index in [1.54, 1.807) is 13.3 Å². The van der Waals surface area contributed by atoms with Crippen LogP contribution in [0.4, 0.5) is 9.59 Å². The molecular weight excluding hydrogens is 646 g/mol. The molecule has 2 atom stereocenters. The van der Waals surface area contributed by atoms with Gasteiger partial charge < -0.3 is 29.0 Å². The number of fused-ring (bicyclic) bond motifs is 1. The van der Waals surface area contributed by atoms with Crippen molar-refractivity contribution in [2.24, 2.45) is 0 Å². The van der Waals surface area contributed by atoms with Gasteiger partial charge in [-0.1, -0.05) is 36.4 Å². The van der Waals surface area contributed by atoms with Crippen molar-refractivity contribution in [2.75, 3.05) is 26.8 Å². The molecule has 4 aromatic rings. The second kappa shape index (κ2) is 16.1. The average Bonchev–Trinajstić information content (AvgIpc) is 3.69. The Balaban J connectivity index is 1.31. The zero-order valence-electron chi connectivity index (χ0n) is 31.1. The molecule has 0 bridgehead atoms. The highest BCUT2D eigenvalue weighted by Gasteiger charge is 2.31. The van der Waals surface area contributed by atoms with Gasteiger partial charge in [0.2, 0.25) is 5.91 Å². The number of alkyl carbamates (subject to hydrolysis) is 1. The van der Waals surface area contributed by atoms with Crippen LogP contribution in [-0.2, 0) is 32.0 Å². The molecule has 1 saturated heterocycles. The number of likely N-dealkylation sites (tertiary alicyclic amines) is 1. The highest BCUT2D eigenvalue weighted by Crippen LogP contribution is 2.30.